The van der Waals surface area contributed by atoms with Crippen molar-refractivity contribution in [2.24, 2.45) is 5.73 Å². The third kappa shape index (κ3) is 3.01. The summed E-state index contributed by atoms with van der Waals surface area (Å²) in [6.45, 7) is 0.376. The fraction of sp³-hybridized carbons (Fsp3) is 0.294. The molecule has 1 radical (unpaired) electrons. The van der Waals surface area contributed by atoms with Gasteiger partial charge in [0.05, 0.1) is 10.9 Å². The van der Waals surface area contributed by atoms with E-state index in [0.29, 0.717) is 29.8 Å². The zero-order valence-corrected chi connectivity index (χ0v) is 13.7. The number of aromatic nitrogens is 1. The Hall–Kier alpha value is -2.72. The first-order valence-corrected chi connectivity index (χ1v) is 8.35. The second kappa shape index (κ2) is 6.81. The molecule has 3 heterocycles. The molecule has 1 unspecified atom stereocenters. The highest BCUT2D eigenvalue weighted by atomic mass is 32.1. The summed E-state index contributed by atoms with van der Waals surface area (Å²) in [7, 11) is 0. The van der Waals surface area contributed by atoms with Crippen LogP contribution in [0.2, 0.25) is 0 Å². The van der Waals surface area contributed by atoms with Gasteiger partial charge in [0.15, 0.2) is 0 Å². The predicted octanol–water partition coefficient (Wildman–Crippen LogP) is 1.36. The fourth-order valence-electron chi connectivity index (χ4n) is 2.89. The minimum atomic E-state index is -0.812. The van der Waals surface area contributed by atoms with Crippen LogP contribution >= 0.6 is 11.3 Å². The number of nitrogens with zero attached hydrogens (tertiary/aromatic N) is 3. The van der Waals surface area contributed by atoms with E-state index in [4.69, 9.17) is 11.0 Å². The second-order valence-electron chi connectivity index (χ2n) is 5.50. The molecule has 1 aliphatic heterocycles. The Balaban J connectivity index is 1.78. The zero-order chi connectivity index (χ0) is 17.1. The average Bonchev–Trinajstić information content (AvgIpc) is 3.02. The summed E-state index contributed by atoms with van der Waals surface area (Å²) in [4.78, 5) is 30.9. The molecule has 0 aliphatic carbocycles. The van der Waals surface area contributed by atoms with Crippen LogP contribution in [0.25, 0.3) is 0 Å². The number of fused-ring (bicyclic) bond motifs is 1. The Labute approximate surface area is 143 Å². The van der Waals surface area contributed by atoms with Gasteiger partial charge in [-0.2, -0.15) is 5.26 Å². The van der Waals surface area contributed by atoms with Crippen LogP contribution in [0.1, 0.15) is 34.2 Å². The van der Waals surface area contributed by atoms with E-state index in [1.807, 2.05) is 18.2 Å². The summed E-state index contributed by atoms with van der Waals surface area (Å²) in [5.74, 6) is -0.719. The van der Waals surface area contributed by atoms with Crippen molar-refractivity contribution in [1.29, 1.82) is 5.26 Å². The molecule has 0 saturated carbocycles. The van der Waals surface area contributed by atoms with Gasteiger partial charge in [0, 0.05) is 29.7 Å². The Morgan fingerprint density at radius 3 is 3.00 bits per heavy atom. The Kier molecular flexibility index (Phi) is 4.58. The third-order valence-electron chi connectivity index (χ3n) is 4.05. The monoisotopic (exact) mass is 339 g/mol. The van der Waals surface area contributed by atoms with Crippen LogP contribution < -0.4 is 5.73 Å². The molecule has 6 nitrogen and oxygen atoms in total. The summed E-state index contributed by atoms with van der Waals surface area (Å²) in [6, 6.07) is 6.82. The number of hydrogen-bond acceptors (Lipinski definition) is 5. The van der Waals surface area contributed by atoms with Crippen LogP contribution in [-0.2, 0) is 22.4 Å². The van der Waals surface area contributed by atoms with Crippen molar-refractivity contribution in [3.63, 3.8) is 0 Å². The standard InChI is InChI=1S/C17H15N4O2S/c18-9-11-10-24-16-13(11)6-8-21(15(16)17(19)23)14(22)5-4-12-3-1-2-7-20-12/h1-3,7,15H,4-6,8H2,(H2,19,23). The predicted molar refractivity (Wildman–Crippen MR) is 87.8 cm³/mol. The summed E-state index contributed by atoms with van der Waals surface area (Å²) >= 11 is 1.19. The lowest BCUT2D eigenvalue weighted by molar-refractivity contribution is -0.140. The number of hydrogen-bond donors (Lipinski definition) is 1. The van der Waals surface area contributed by atoms with Gasteiger partial charge < -0.3 is 10.6 Å². The van der Waals surface area contributed by atoms with Gasteiger partial charge in [-0.15, -0.1) is 11.3 Å². The number of nitrogens with two attached hydrogens (primary N) is 1. The smallest absolute Gasteiger partial charge is 0.245 e. The first kappa shape index (κ1) is 16.1. The number of rotatable bonds is 4. The summed E-state index contributed by atoms with van der Waals surface area (Å²) < 4.78 is 0. The first-order chi connectivity index (χ1) is 11.6. The molecule has 7 heteroatoms. The van der Waals surface area contributed by atoms with Crippen molar-refractivity contribution >= 4 is 23.2 Å². The molecular weight excluding hydrogens is 324 g/mol. The van der Waals surface area contributed by atoms with Gasteiger partial charge in [-0.25, -0.2) is 0 Å². The number of carbonyl (C=O) groups excluding carboxylic acids is 2. The van der Waals surface area contributed by atoms with Gasteiger partial charge in [-0.05, 0) is 30.5 Å². The van der Waals surface area contributed by atoms with E-state index < -0.39 is 11.9 Å². The van der Waals surface area contributed by atoms with E-state index in [2.05, 4.69) is 16.4 Å². The normalized spacial score (nSPS) is 16.3. The van der Waals surface area contributed by atoms with E-state index in [9.17, 15) is 9.59 Å². The van der Waals surface area contributed by atoms with E-state index in [-0.39, 0.29) is 12.3 Å². The summed E-state index contributed by atoms with van der Waals surface area (Å²) in [6.07, 6.45) is 2.99. The SMILES string of the molecule is N#Cc1[c]sc2c1CCN(C(=O)CCc1ccccn1)C2C(N)=O. The van der Waals surface area contributed by atoms with Crippen molar-refractivity contribution < 1.29 is 9.59 Å². The minimum absolute atomic E-state index is 0.137. The van der Waals surface area contributed by atoms with Crippen molar-refractivity contribution in [2.45, 2.75) is 25.3 Å². The van der Waals surface area contributed by atoms with Gasteiger partial charge >= 0.3 is 0 Å². The summed E-state index contributed by atoms with van der Waals surface area (Å²) in [5, 5.41) is 12.0. The van der Waals surface area contributed by atoms with Crippen LogP contribution in [0, 0.1) is 16.7 Å². The van der Waals surface area contributed by atoms with Crippen molar-refractivity contribution in [2.75, 3.05) is 6.54 Å². The maximum absolute atomic E-state index is 12.6. The summed E-state index contributed by atoms with van der Waals surface area (Å²) in [5.41, 5.74) is 7.60. The molecule has 1 aliphatic rings. The van der Waals surface area contributed by atoms with E-state index in [1.165, 1.54) is 16.2 Å². The molecule has 2 N–H and O–H groups in total. The maximum atomic E-state index is 12.6. The highest BCUT2D eigenvalue weighted by molar-refractivity contribution is 7.10. The van der Waals surface area contributed by atoms with Crippen molar-refractivity contribution in [1.82, 2.24) is 9.88 Å². The number of pyridine rings is 1. The number of primary amides is 1. The lowest BCUT2D eigenvalue weighted by Crippen LogP contribution is -2.45. The van der Waals surface area contributed by atoms with E-state index in [0.717, 1.165) is 11.3 Å². The van der Waals surface area contributed by atoms with Crippen LogP contribution in [-0.4, -0.2) is 28.2 Å². The zero-order valence-electron chi connectivity index (χ0n) is 12.9. The van der Waals surface area contributed by atoms with E-state index >= 15 is 0 Å². The van der Waals surface area contributed by atoms with Crippen molar-refractivity contribution in [3.05, 3.63) is 51.5 Å². The lowest BCUT2D eigenvalue weighted by atomic mass is 9.97. The van der Waals surface area contributed by atoms with Gasteiger partial charge in [0.2, 0.25) is 11.8 Å². The first-order valence-electron chi connectivity index (χ1n) is 7.54. The number of nitriles is 1. The molecule has 0 fully saturated rings. The van der Waals surface area contributed by atoms with Crippen LogP contribution in [0.3, 0.4) is 0 Å². The molecule has 1 atom stereocenters. The Bertz CT molecular complexity index is 810. The van der Waals surface area contributed by atoms with E-state index in [1.54, 1.807) is 6.20 Å². The molecule has 0 spiro atoms. The molecular formula is C17H15N4O2S. The maximum Gasteiger partial charge on any atom is 0.245 e. The van der Waals surface area contributed by atoms with Crippen LogP contribution in [0.4, 0.5) is 0 Å². The molecule has 2 amide bonds. The third-order valence-corrected chi connectivity index (χ3v) is 5.04. The molecule has 121 valence electrons. The van der Waals surface area contributed by atoms with Gasteiger partial charge in [0.25, 0.3) is 0 Å². The Morgan fingerprint density at radius 1 is 1.50 bits per heavy atom. The number of aryl methyl sites for hydroxylation is 1. The molecule has 3 rings (SSSR count). The molecule has 2 aromatic heterocycles. The largest absolute Gasteiger partial charge is 0.368 e. The molecule has 0 bridgehead atoms. The second-order valence-corrected chi connectivity index (χ2v) is 6.34. The molecule has 0 saturated heterocycles. The fourth-order valence-corrected chi connectivity index (χ4v) is 3.95. The molecule has 24 heavy (non-hydrogen) atoms. The lowest BCUT2D eigenvalue weighted by Gasteiger charge is -2.33. The number of amides is 2. The average molecular weight is 339 g/mol. The van der Waals surface area contributed by atoms with Crippen molar-refractivity contribution in [3.8, 4) is 6.07 Å². The number of thiophene rings is 1. The molecule has 0 aromatic carbocycles. The Morgan fingerprint density at radius 2 is 2.33 bits per heavy atom. The quantitative estimate of drug-likeness (QED) is 0.909. The highest BCUT2D eigenvalue weighted by Gasteiger charge is 2.36. The van der Waals surface area contributed by atoms with Gasteiger partial charge in [0.1, 0.15) is 12.1 Å². The van der Waals surface area contributed by atoms with Gasteiger partial charge in [-0.1, -0.05) is 6.07 Å². The van der Waals surface area contributed by atoms with Gasteiger partial charge in [-0.3, -0.25) is 14.6 Å². The topological polar surface area (TPSA) is 100 Å². The molecule has 2 aromatic rings. The highest BCUT2D eigenvalue weighted by Crippen LogP contribution is 2.36. The number of carbonyl (C=O) groups is 2. The van der Waals surface area contributed by atoms with Crippen LogP contribution in [0.5, 0.6) is 0 Å². The van der Waals surface area contributed by atoms with Crippen LogP contribution in [0.15, 0.2) is 24.4 Å². The minimum Gasteiger partial charge on any atom is -0.368 e.